The maximum absolute atomic E-state index is 10.7. The van der Waals surface area contributed by atoms with Crippen molar-refractivity contribution in [1.82, 2.24) is 4.90 Å². The normalized spacial score (nSPS) is 18.8. The first kappa shape index (κ1) is 18.4. The second-order valence-electron chi connectivity index (χ2n) is 7.01. The summed E-state index contributed by atoms with van der Waals surface area (Å²) >= 11 is 6.31. The van der Waals surface area contributed by atoms with Crippen LogP contribution in [-0.2, 0) is 0 Å². The highest BCUT2D eigenvalue weighted by Crippen LogP contribution is 2.33. The molecule has 144 valence electrons. The molecule has 1 saturated heterocycles. The van der Waals surface area contributed by atoms with Gasteiger partial charge in [-0.15, -0.1) is 0 Å². The van der Waals surface area contributed by atoms with Gasteiger partial charge in [-0.2, -0.15) is 0 Å². The molecule has 2 aromatic carbocycles. The van der Waals surface area contributed by atoms with E-state index in [1.54, 1.807) is 0 Å². The van der Waals surface area contributed by atoms with Gasteiger partial charge in [-0.1, -0.05) is 29.8 Å². The molecule has 27 heavy (non-hydrogen) atoms. The van der Waals surface area contributed by atoms with Crippen molar-refractivity contribution < 1.29 is 14.6 Å². The predicted molar refractivity (Wildman–Crippen MR) is 107 cm³/mol. The van der Waals surface area contributed by atoms with Gasteiger partial charge in [0.1, 0.15) is 0 Å². The minimum absolute atomic E-state index is 0.547. The molecule has 1 unspecified atom stereocenters. The Bertz CT molecular complexity index is 778. The van der Waals surface area contributed by atoms with E-state index >= 15 is 0 Å². The van der Waals surface area contributed by atoms with E-state index in [-0.39, 0.29) is 0 Å². The van der Waals surface area contributed by atoms with Crippen LogP contribution in [0.4, 0.5) is 5.69 Å². The SMILES string of the molecule is OC(CN1CCN(c2ccccc2Cl)CC1)c1ccc2c(c1)OCCCO2. The summed E-state index contributed by atoms with van der Waals surface area (Å²) in [6.45, 7) is 5.52. The van der Waals surface area contributed by atoms with E-state index < -0.39 is 6.10 Å². The zero-order valence-electron chi connectivity index (χ0n) is 15.3. The Morgan fingerprint density at radius 2 is 1.70 bits per heavy atom. The third kappa shape index (κ3) is 4.32. The highest BCUT2D eigenvalue weighted by Gasteiger charge is 2.22. The third-order valence-corrected chi connectivity index (χ3v) is 5.47. The fourth-order valence-electron chi connectivity index (χ4n) is 3.62. The lowest BCUT2D eigenvalue weighted by Gasteiger charge is -2.37. The molecule has 0 spiro atoms. The zero-order valence-corrected chi connectivity index (χ0v) is 16.1. The Kier molecular flexibility index (Phi) is 5.72. The monoisotopic (exact) mass is 388 g/mol. The second kappa shape index (κ2) is 8.38. The molecule has 2 aromatic rings. The van der Waals surface area contributed by atoms with E-state index in [1.165, 1.54) is 0 Å². The number of hydrogen-bond donors (Lipinski definition) is 1. The molecule has 0 aliphatic carbocycles. The maximum atomic E-state index is 10.7. The number of piperazine rings is 1. The first-order chi connectivity index (χ1) is 13.2. The van der Waals surface area contributed by atoms with Crippen LogP contribution >= 0.6 is 11.6 Å². The summed E-state index contributed by atoms with van der Waals surface area (Å²) < 4.78 is 11.4. The number of para-hydroxylation sites is 1. The number of aliphatic hydroxyl groups excluding tert-OH is 1. The number of rotatable bonds is 4. The van der Waals surface area contributed by atoms with Gasteiger partial charge in [0.15, 0.2) is 11.5 Å². The number of fused-ring (bicyclic) bond motifs is 1. The quantitative estimate of drug-likeness (QED) is 0.870. The number of nitrogens with zero attached hydrogens (tertiary/aromatic N) is 2. The number of benzene rings is 2. The van der Waals surface area contributed by atoms with E-state index in [0.29, 0.717) is 19.8 Å². The van der Waals surface area contributed by atoms with Crippen molar-refractivity contribution in [2.75, 3.05) is 50.8 Å². The molecule has 0 bridgehead atoms. The summed E-state index contributed by atoms with van der Waals surface area (Å²) in [5.74, 6) is 1.49. The molecule has 2 heterocycles. The number of β-amino-alcohol motifs (C(OH)–C–C–N with tert-alkyl or cyclic N) is 1. The lowest BCUT2D eigenvalue weighted by molar-refractivity contribution is 0.109. The van der Waals surface area contributed by atoms with Gasteiger partial charge in [-0.05, 0) is 29.8 Å². The van der Waals surface area contributed by atoms with Gasteiger partial charge < -0.3 is 19.5 Å². The van der Waals surface area contributed by atoms with Crippen LogP contribution in [-0.4, -0.2) is 55.9 Å². The van der Waals surface area contributed by atoms with Crippen molar-refractivity contribution in [2.24, 2.45) is 0 Å². The molecule has 0 amide bonds. The number of halogens is 1. The van der Waals surface area contributed by atoms with Gasteiger partial charge in [0, 0.05) is 39.1 Å². The summed E-state index contributed by atoms with van der Waals surface area (Å²) in [6, 6.07) is 13.7. The summed E-state index contributed by atoms with van der Waals surface area (Å²) in [5.41, 5.74) is 1.95. The Morgan fingerprint density at radius 1 is 0.963 bits per heavy atom. The number of anilines is 1. The largest absolute Gasteiger partial charge is 0.490 e. The lowest BCUT2D eigenvalue weighted by atomic mass is 10.1. The summed E-state index contributed by atoms with van der Waals surface area (Å²) in [5, 5.41) is 11.5. The smallest absolute Gasteiger partial charge is 0.161 e. The van der Waals surface area contributed by atoms with Crippen LogP contribution in [0.15, 0.2) is 42.5 Å². The summed E-state index contributed by atoms with van der Waals surface area (Å²) in [7, 11) is 0. The van der Waals surface area contributed by atoms with E-state index in [2.05, 4.69) is 15.9 Å². The van der Waals surface area contributed by atoms with Crippen molar-refractivity contribution in [3.8, 4) is 11.5 Å². The predicted octanol–water partition coefficient (Wildman–Crippen LogP) is 3.36. The number of aliphatic hydroxyl groups is 1. The summed E-state index contributed by atoms with van der Waals surface area (Å²) in [6.07, 6.45) is 0.330. The van der Waals surface area contributed by atoms with Gasteiger partial charge in [0.25, 0.3) is 0 Å². The second-order valence-corrected chi connectivity index (χ2v) is 7.42. The molecule has 4 rings (SSSR count). The molecule has 1 fully saturated rings. The van der Waals surface area contributed by atoms with Crippen molar-refractivity contribution in [3.05, 3.63) is 53.1 Å². The van der Waals surface area contributed by atoms with Crippen LogP contribution in [0.3, 0.4) is 0 Å². The molecule has 0 saturated carbocycles. The van der Waals surface area contributed by atoms with Gasteiger partial charge in [-0.25, -0.2) is 0 Å². The number of hydrogen-bond acceptors (Lipinski definition) is 5. The first-order valence-electron chi connectivity index (χ1n) is 9.50. The van der Waals surface area contributed by atoms with Crippen molar-refractivity contribution in [1.29, 1.82) is 0 Å². The standard InChI is InChI=1S/C21H25ClN2O3/c22-17-4-1-2-5-18(17)24-10-8-23(9-11-24)15-19(25)16-6-7-20-21(14-16)27-13-3-12-26-20/h1-2,4-7,14,19,25H,3,8-13,15H2. The van der Waals surface area contributed by atoms with Gasteiger partial charge in [0.2, 0.25) is 0 Å². The summed E-state index contributed by atoms with van der Waals surface area (Å²) in [4.78, 5) is 4.60. The van der Waals surface area contributed by atoms with Crippen LogP contribution < -0.4 is 14.4 Å². The fourth-order valence-corrected chi connectivity index (χ4v) is 3.87. The van der Waals surface area contributed by atoms with E-state index in [0.717, 1.165) is 60.4 Å². The highest BCUT2D eigenvalue weighted by molar-refractivity contribution is 6.33. The van der Waals surface area contributed by atoms with Crippen LogP contribution in [0.25, 0.3) is 0 Å². The Hall–Kier alpha value is -1.95. The Balaban J connectivity index is 1.35. The topological polar surface area (TPSA) is 45.2 Å². The van der Waals surface area contributed by atoms with Gasteiger partial charge in [-0.3, -0.25) is 4.90 Å². The van der Waals surface area contributed by atoms with Crippen molar-refractivity contribution in [2.45, 2.75) is 12.5 Å². The van der Waals surface area contributed by atoms with Crippen LogP contribution in [0, 0.1) is 0 Å². The third-order valence-electron chi connectivity index (χ3n) is 5.15. The van der Waals surface area contributed by atoms with E-state index in [1.807, 2.05) is 36.4 Å². The molecule has 5 nitrogen and oxygen atoms in total. The van der Waals surface area contributed by atoms with E-state index in [4.69, 9.17) is 21.1 Å². The molecular formula is C21H25ClN2O3. The molecule has 0 radical (unpaired) electrons. The molecule has 1 atom stereocenters. The zero-order chi connectivity index (χ0) is 18.6. The lowest BCUT2D eigenvalue weighted by Crippen LogP contribution is -2.47. The van der Waals surface area contributed by atoms with Crippen LogP contribution in [0.5, 0.6) is 11.5 Å². The van der Waals surface area contributed by atoms with Gasteiger partial charge >= 0.3 is 0 Å². The Labute approximate surface area is 165 Å². The highest BCUT2D eigenvalue weighted by atomic mass is 35.5. The molecular weight excluding hydrogens is 364 g/mol. The fraction of sp³-hybridized carbons (Fsp3) is 0.429. The molecule has 0 aromatic heterocycles. The first-order valence-corrected chi connectivity index (χ1v) is 9.88. The average molecular weight is 389 g/mol. The van der Waals surface area contributed by atoms with E-state index in [9.17, 15) is 5.11 Å². The van der Waals surface area contributed by atoms with Crippen molar-refractivity contribution >= 4 is 17.3 Å². The minimum atomic E-state index is -0.547. The molecule has 1 N–H and O–H groups in total. The molecule has 2 aliphatic rings. The number of ether oxygens (including phenoxy) is 2. The van der Waals surface area contributed by atoms with Crippen molar-refractivity contribution in [3.63, 3.8) is 0 Å². The molecule has 2 aliphatic heterocycles. The van der Waals surface area contributed by atoms with Crippen LogP contribution in [0.1, 0.15) is 18.1 Å². The van der Waals surface area contributed by atoms with Gasteiger partial charge in [0.05, 0.1) is 30.0 Å². The maximum Gasteiger partial charge on any atom is 0.161 e. The minimum Gasteiger partial charge on any atom is -0.490 e. The Morgan fingerprint density at radius 3 is 2.48 bits per heavy atom. The van der Waals surface area contributed by atoms with Crippen LogP contribution in [0.2, 0.25) is 5.02 Å². The average Bonchev–Trinajstić information content (AvgIpc) is 2.94. The molecule has 6 heteroatoms.